The van der Waals surface area contributed by atoms with Crippen molar-refractivity contribution in [1.82, 2.24) is 20.0 Å². The number of ether oxygens (including phenoxy) is 2. The number of thiophene rings is 1. The number of anilines is 2. The van der Waals surface area contributed by atoms with E-state index in [4.69, 9.17) is 29.7 Å². The minimum atomic E-state index is -2.62. The zero-order chi connectivity index (χ0) is 30.7. The molecule has 1 saturated heterocycles. The first-order valence-electron chi connectivity index (χ1n) is 15.5. The van der Waals surface area contributed by atoms with Crippen LogP contribution in [0.5, 0.6) is 11.6 Å². The molecule has 1 fully saturated rings. The smallest absolute Gasteiger partial charge is 0.263 e. The molecule has 2 aliphatic heterocycles. The van der Waals surface area contributed by atoms with Crippen molar-refractivity contribution in [3.05, 3.63) is 27.3 Å². The number of aromatic nitrogens is 3. The molecule has 10 nitrogen and oxygen atoms in total. The van der Waals surface area contributed by atoms with E-state index in [0.717, 1.165) is 73.3 Å². The van der Waals surface area contributed by atoms with E-state index >= 15 is 0 Å². The Labute approximate surface area is 259 Å². The van der Waals surface area contributed by atoms with Crippen LogP contribution in [0.1, 0.15) is 79.7 Å². The highest BCUT2D eigenvalue weighted by Crippen LogP contribution is 2.55. The van der Waals surface area contributed by atoms with Gasteiger partial charge in [0.25, 0.3) is 12.3 Å². The lowest BCUT2D eigenvalue weighted by atomic mass is 9.63. The van der Waals surface area contributed by atoms with Gasteiger partial charge in [-0.2, -0.15) is 10.2 Å². The molecule has 13 heteroatoms. The molecule has 4 atom stereocenters. The topological polar surface area (TPSA) is 127 Å². The Morgan fingerprint density at radius 2 is 2.00 bits per heavy atom. The van der Waals surface area contributed by atoms with Gasteiger partial charge in [0.05, 0.1) is 11.0 Å². The van der Waals surface area contributed by atoms with Gasteiger partial charge < -0.3 is 24.6 Å². The molecular weight excluding hydrogens is 588 g/mol. The molecule has 0 saturated carbocycles. The van der Waals surface area contributed by atoms with Crippen molar-refractivity contribution in [3.8, 4) is 29.2 Å². The predicted molar refractivity (Wildman–Crippen MR) is 162 cm³/mol. The standard InChI is InChI=1S/C31H37F2N7O3S/c1-4-40-20(26(32)33)15-41-24-29(40)36-28(37-30(24)42-16(2)19-9-7-13-39(19)3)23-17-8-5-11-31(25(17)43-38-23)12-6-10-21-22(31)18(14-34)27(35)44-21/h16,19-20,26H,4-13,15,35H2,1-3H3/t16-,19-,20-,31-/m0/s1. The summed E-state index contributed by atoms with van der Waals surface area (Å²) in [6, 6.07) is 1.40. The molecular formula is C31H37F2N7O3S. The molecule has 0 unspecified atom stereocenters. The zero-order valence-electron chi connectivity index (χ0n) is 25.2. The third-order valence-corrected chi connectivity index (χ3v) is 11.1. The van der Waals surface area contributed by atoms with Gasteiger partial charge in [0, 0.05) is 23.0 Å². The molecule has 2 aliphatic carbocycles. The fraction of sp³-hybridized carbons (Fsp3) is 0.613. The lowest BCUT2D eigenvalue weighted by Crippen LogP contribution is -2.48. The highest BCUT2D eigenvalue weighted by Gasteiger charge is 2.49. The number of hydrogen-bond acceptors (Lipinski definition) is 11. The van der Waals surface area contributed by atoms with E-state index in [1.165, 1.54) is 11.3 Å². The van der Waals surface area contributed by atoms with Crippen molar-refractivity contribution in [2.24, 2.45) is 0 Å². The number of alkyl halides is 2. The third kappa shape index (κ3) is 4.43. The minimum absolute atomic E-state index is 0.190. The fourth-order valence-corrected chi connectivity index (χ4v) is 9.10. The number of likely N-dealkylation sites (tertiary alicyclic amines) is 1. The molecule has 0 bridgehead atoms. The average Bonchev–Trinajstić information content (AvgIpc) is 3.73. The Hall–Kier alpha value is -3.50. The predicted octanol–water partition coefficient (Wildman–Crippen LogP) is 5.32. The number of nitrogens with two attached hydrogens (primary N) is 1. The average molecular weight is 626 g/mol. The lowest BCUT2D eigenvalue weighted by Gasteiger charge is -2.39. The molecule has 3 aromatic heterocycles. The molecule has 4 aliphatic rings. The van der Waals surface area contributed by atoms with Crippen LogP contribution in [0.15, 0.2) is 4.52 Å². The molecule has 5 heterocycles. The van der Waals surface area contributed by atoms with Crippen molar-refractivity contribution < 1.29 is 22.8 Å². The van der Waals surface area contributed by atoms with E-state index in [-0.39, 0.29) is 42.0 Å². The molecule has 2 N–H and O–H groups in total. The van der Waals surface area contributed by atoms with E-state index in [0.29, 0.717) is 29.2 Å². The maximum Gasteiger partial charge on any atom is 0.263 e. The van der Waals surface area contributed by atoms with E-state index < -0.39 is 17.9 Å². The van der Waals surface area contributed by atoms with E-state index in [1.807, 2.05) is 13.8 Å². The summed E-state index contributed by atoms with van der Waals surface area (Å²) in [6.45, 7) is 4.93. The molecule has 44 heavy (non-hydrogen) atoms. The van der Waals surface area contributed by atoms with Crippen LogP contribution in [0.3, 0.4) is 0 Å². The number of fused-ring (bicyclic) bond motifs is 5. The summed E-state index contributed by atoms with van der Waals surface area (Å²) >= 11 is 1.49. The molecule has 0 aromatic carbocycles. The van der Waals surface area contributed by atoms with Gasteiger partial charge >= 0.3 is 0 Å². The Bertz CT molecular complexity index is 1620. The molecule has 0 amide bonds. The van der Waals surface area contributed by atoms with Gasteiger partial charge in [-0.25, -0.2) is 13.8 Å². The van der Waals surface area contributed by atoms with Crippen molar-refractivity contribution in [2.75, 3.05) is 37.4 Å². The quantitative estimate of drug-likeness (QED) is 0.385. The van der Waals surface area contributed by atoms with Gasteiger partial charge in [-0.3, -0.25) is 4.90 Å². The van der Waals surface area contributed by atoms with Crippen molar-refractivity contribution in [3.63, 3.8) is 0 Å². The summed E-state index contributed by atoms with van der Waals surface area (Å²) in [5, 5.41) is 15.1. The number of halogens is 2. The first-order chi connectivity index (χ1) is 21.3. The first kappa shape index (κ1) is 29.2. The number of nitrogens with zero attached hydrogens (tertiary/aromatic N) is 6. The number of likely N-dealkylation sites (N-methyl/N-ethyl adjacent to an activating group) is 2. The van der Waals surface area contributed by atoms with Crippen LogP contribution in [0, 0.1) is 11.3 Å². The summed E-state index contributed by atoms with van der Waals surface area (Å²) in [6.07, 6.45) is 4.27. The van der Waals surface area contributed by atoms with Crippen LogP contribution in [0.4, 0.5) is 19.6 Å². The number of nitriles is 1. The number of aryl methyl sites for hydroxylation is 1. The molecule has 234 valence electrons. The van der Waals surface area contributed by atoms with Gasteiger partial charge in [0.15, 0.2) is 23.1 Å². The van der Waals surface area contributed by atoms with Gasteiger partial charge in [-0.15, -0.1) is 11.3 Å². The van der Waals surface area contributed by atoms with Crippen LogP contribution in [-0.4, -0.2) is 71.4 Å². The minimum Gasteiger partial charge on any atom is -0.483 e. The maximum absolute atomic E-state index is 14.1. The van der Waals surface area contributed by atoms with Crippen molar-refractivity contribution in [2.45, 2.75) is 95.2 Å². The Morgan fingerprint density at radius 1 is 1.20 bits per heavy atom. The second-order valence-electron chi connectivity index (χ2n) is 12.4. The van der Waals surface area contributed by atoms with Crippen molar-refractivity contribution in [1.29, 1.82) is 5.26 Å². The van der Waals surface area contributed by atoms with Crippen LogP contribution in [0.25, 0.3) is 11.5 Å². The second kappa shape index (κ2) is 11.1. The number of hydrogen-bond donors (Lipinski definition) is 1. The summed E-state index contributed by atoms with van der Waals surface area (Å²) < 4.78 is 46.9. The molecule has 0 radical (unpaired) electrons. The molecule has 7 rings (SSSR count). The second-order valence-corrected chi connectivity index (χ2v) is 13.5. The fourth-order valence-electron chi connectivity index (χ4n) is 7.93. The van der Waals surface area contributed by atoms with Crippen LogP contribution < -0.4 is 20.1 Å². The summed E-state index contributed by atoms with van der Waals surface area (Å²) in [5.74, 6) is 1.76. The summed E-state index contributed by atoms with van der Waals surface area (Å²) in [5.41, 5.74) is 8.69. The Kier molecular flexibility index (Phi) is 7.40. The Morgan fingerprint density at radius 3 is 2.70 bits per heavy atom. The molecule has 3 aromatic rings. The van der Waals surface area contributed by atoms with E-state index in [9.17, 15) is 14.0 Å². The van der Waals surface area contributed by atoms with Crippen LogP contribution in [0.2, 0.25) is 0 Å². The Balaban J connectivity index is 1.36. The normalized spacial score (nSPS) is 25.3. The third-order valence-electron chi connectivity index (χ3n) is 10.0. The summed E-state index contributed by atoms with van der Waals surface area (Å²) in [7, 11) is 2.08. The van der Waals surface area contributed by atoms with Gasteiger partial charge in [-0.05, 0) is 84.4 Å². The summed E-state index contributed by atoms with van der Waals surface area (Å²) in [4.78, 5) is 14.6. The van der Waals surface area contributed by atoms with Gasteiger partial charge in [0.1, 0.15) is 29.8 Å². The van der Waals surface area contributed by atoms with Crippen molar-refractivity contribution >= 4 is 22.2 Å². The highest BCUT2D eigenvalue weighted by molar-refractivity contribution is 7.16. The van der Waals surface area contributed by atoms with Gasteiger partial charge in [-0.1, -0.05) is 5.16 Å². The first-order valence-corrected chi connectivity index (χ1v) is 16.4. The largest absolute Gasteiger partial charge is 0.483 e. The highest BCUT2D eigenvalue weighted by atomic mass is 32.1. The number of nitrogen functional groups attached to an aromatic ring is 1. The monoisotopic (exact) mass is 625 g/mol. The van der Waals surface area contributed by atoms with E-state index in [1.54, 1.807) is 4.90 Å². The number of rotatable bonds is 6. The van der Waals surface area contributed by atoms with E-state index in [2.05, 4.69) is 23.2 Å². The maximum atomic E-state index is 14.1. The van der Waals surface area contributed by atoms with Gasteiger partial charge in [0.2, 0.25) is 5.75 Å². The molecule has 1 spiro atoms. The lowest BCUT2D eigenvalue weighted by molar-refractivity contribution is 0.0721. The van der Waals surface area contributed by atoms with Crippen LogP contribution in [-0.2, 0) is 18.3 Å². The van der Waals surface area contributed by atoms with Crippen LogP contribution >= 0.6 is 11.3 Å². The zero-order valence-corrected chi connectivity index (χ0v) is 26.1. The SMILES string of the molecule is CCN1c2nc(-c3noc4c3CCC[C@@]43CCCc4sc(N)c(C#N)c43)nc(O[C@@H](C)[C@@H]3CCCN3C)c2OC[C@H]1C(F)F.